The molecule has 1 aliphatic rings. The summed E-state index contributed by atoms with van der Waals surface area (Å²) in [6.45, 7) is 7.84. The molecule has 3 nitrogen and oxygen atoms in total. The standard InChI is InChI=1S/C10H20N2O/c1-10(2,3)6-9(13)12-5-4-8(11)7-12/h8H,4-7,11H2,1-3H3/t8-/m1/s1. The van der Waals surface area contributed by atoms with Gasteiger partial charge in [-0.05, 0) is 11.8 Å². The zero-order valence-electron chi connectivity index (χ0n) is 8.84. The van der Waals surface area contributed by atoms with E-state index in [0.717, 1.165) is 19.5 Å². The van der Waals surface area contributed by atoms with Gasteiger partial charge in [-0.25, -0.2) is 0 Å². The van der Waals surface area contributed by atoms with E-state index in [9.17, 15) is 4.79 Å². The van der Waals surface area contributed by atoms with Gasteiger partial charge >= 0.3 is 0 Å². The summed E-state index contributed by atoms with van der Waals surface area (Å²) < 4.78 is 0. The molecule has 0 spiro atoms. The fourth-order valence-corrected chi connectivity index (χ4v) is 1.58. The van der Waals surface area contributed by atoms with Gasteiger partial charge in [0.25, 0.3) is 0 Å². The number of rotatable bonds is 1. The number of hydrogen-bond donors (Lipinski definition) is 1. The van der Waals surface area contributed by atoms with E-state index < -0.39 is 0 Å². The van der Waals surface area contributed by atoms with E-state index in [-0.39, 0.29) is 17.4 Å². The Morgan fingerprint density at radius 2 is 2.15 bits per heavy atom. The van der Waals surface area contributed by atoms with Crippen LogP contribution in [0.4, 0.5) is 0 Å². The van der Waals surface area contributed by atoms with Crippen LogP contribution in [-0.2, 0) is 4.79 Å². The summed E-state index contributed by atoms with van der Waals surface area (Å²) in [7, 11) is 0. The second-order valence-corrected chi connectivity index (χ2v) is 5.13. The first-order valence-electron chi connectivity index (χ1n) is 4.92. The molecule has 1 heterocycles. The van der Waals surface area contributed by atoms with E-state index in [1.807, 2.05) is 4.90 Å². The molecule has 2 N–H and O–H groups in total. The van der Waals surface area contributed by atoms with E-state index in [1.54, 1.807) is 0 Å². The van der Waals surface area contributed by atoms with Gasteiger partial charge in [0, 0.05) is 25.6 Å². The molecule has 0 unspecified atom stereocenters. The van der Waals surface area contributed by atoms with Crippen molar-refractivity contribution in [2.45, 2.75) is 39.7 Å². The molecule has 0 saturated carbocycles. The van der Waals surface area contributed by atoms with Gasteiger partial charge in [0.15, 0.2) is 0 Å². The minimum Gasteiger partial charge on any atom is -0.341 e. The number of amides is 1. The van der Waals surface area contributed by atoms with Crippen LogP contribution in [0.3, 0.4) is 0 Å². The molecule has 1 atom stereocenters. The van der Waals surface area contributed by atoms with Gasteiger partial charge in [0.2, 0.25) is 5.91 Å². The smallest absolute Gasteiger partial charge is 0.223 e. The van der Waals surface area contributed by atoms with Crippen LogP contribution in [0.2, 0.25) is 0 Å². The van der Waals surface area contributed by atoms with Crippen LogP contribution in [0.5, 0.6) is 0 Å². The maximum Gasteiger partial charge on any atom is 0.223 e. The van der Waals surface area contributed by atoms with Crippen LogP contribution < -0.4 is 5.73 Å². The highest BCUT2D eigenvalue weighted by Crippen LogP contribution is 2.21. The largest absolute Gasteiger partial charge is 0.341 e. The first kappa shape index (κ1) is 10.5. The maximum absolute atomic E-state index is 11.7. The molecule has 1 fully saturated rings. The predicted octanol–water partition coefficient (Wildman–Crippen LogP) is 0.982. The molecule has 0 aromatic carbocycles. The van der Waals surface area contributed by atoms with Crippen molar-refractivity contribution in [1.82, 2.24) is 4.90 Å². The molecule has 0 radical (unpaired) electrons. The molecule has 13 heavy (non-hydrogen) atoms. The Morgan fingerprint density at radius 3 is 2.54 bits per heavy atom. The third-order valence-electron chi connectivity index (χ3n) is 2.26. The number of likely N-dealkylation sites (tertiary alicyclic amines) is 1. The van der Waals surface area contributed by atoms with Crippen LogP contribution in [0.15, 0.2) is 0 Å². The van der Waals surface area contributed by atoms with E-state index >= 15 is 0 Å². The monoisotopic (exact) mass is 184 g/mol. The second kappa shape index (κ2) is 3.66. The van der Waals surface area contributed by atoms with E-state index in [2.05, 4.69) is 20.8 Å². The lowest BCUT2D eigenvalue weighted by Gasteiger charge is -2.22. The number of nitrogens with two attached hydrogens (primary N) is 1. The Hall–Kier alpha value is -0.570. The molecule has 3 heteroatoms. The van der Waals surface area contributed by atoms with Crippen molar-refractivity contribution in [3.63, 3.8) is 0 Å². The van der Waals surface area contributed by atoms with Crippen molar-refractivity contribution in [3.05, 3.63) is 0 Å². The minimum absolute atomic E-state index is 0.0871. The van der Waals surface area contributed by atoms with Gasteiger partial charge in [-0.1, -0.05) is 20.8 Å². The lowest BCUT2D eigenvalue weighted by atomic mass is 9.92. The SMILES string of the molecule is CC(C)(C)CC(=O)N1CC[C@@H](N)C1. The van der Waals surface area contributed by atoms with Crippen LogP contribution in [0, 0.1) is 5.41 Å². The lowest BCUT2D eigenvalue weighted by Crippen LogP contribution is -2.33. The fourth-order valence-electron chi connectivity index (χ4n) is 1.58. The number of hydrogen-bond acceptors (Lipinski definition) is 2. The van der Waals surface area contributed by atoms with Crippen LogP contribution in [0.1, 0.15) is 33.6 Å². The summed E-state index contributed by atoms with van der Waals surface area (Å²) in [5.41, 5.74) is 5.82. The molecular weight excluding hydrogens is 164 g/mol. The first-order chi connectivity index (χ1) is 5.88. The normalized spacial score (nSPS) is 23.7. The summed E-state index contributed by atoms with van der Waals surface area (Å²) in [5.74, 6) is 0.250. The van der Waals surface area contributed by atoms with Gasteiger partial charge in [-0.3, -0.25) is 4.79 Å². The number of carbonyl (C=O) groups is 1. The van der Waals surface area contributed by atoms with Crippen molar-refractivity contribution in [3.8, 4) is 0 Å². The van der Waals surface area contributed by atoms with E-state index in [0.29, 0.717) is 6.42 Å². The van der Waals surface area contributed by atoms with Gasteiger partial charge in [-0.2, -0.15) is 0 Å². The predicted molar refractivity (Wildman–Crippen MR) is 53.2 cm³/mol. The average molecular weight is 184 g/mol. The van der Waals surface area contributed by atoms with Crippen molar-refractivity contribution in [2.75, 3.05) is 13.1 Å². The molecular formula is C10H20N2O. The molecule has 0 bridgehead atoms. The number of carbonyl (C=O) groups excluding carboxylic acids is 1. The van der Waals surface area contributed by atoms with Crippen molar-refractivity contribution in [1.29, 1.82) is 0 Å². The van der Waals surface area contributed by atoms with Crippen LogP contribution in [-0.4, -0.2) is 29.9 Å². The van der Waals surface area contributed by atoms with Gasteiger partial charge in [0.1, 0.15) is 0 Å². The first-order valence-corrected chi connectivity index (χ1v) is 4.92. The summed E-state index contributed by atoms with van der Waals surface area (Å²) >= 11 is 0. The molecule has 1 amide bonds. The minimum atomic E-state index is 0.0871. The highest BCUT2D eigenvalue weighted by Gasteiger charge is 2.26. The zero-order chi connectivity index (χ0) is 10.1. The Balaban J connectivity index is 2.41. The summed E-state index contributed by atoms with van der Waals surface area (Å²) in [6.07, 6.45) is 1.58. The highest BCUT2D eigenvalue weighted by molar-refractivity contribution is 5.77. The highest BCUT2D eigenvalue weighted by atomic mass is 16.2. The number of nitrogens with zero attached hydrogens (tertiary/aromatic N) is 1. The van der Waals surface area contributed by atoms with Crippen molar-refractivity contribution < 1.29 is 4.79 Å². The molecule has 0 aliphatic carbocycles. The van der Waals surface area contributed by atoms with E-state index in [4.69, 9.17) is 5.73 Å². The Morgan fingerprint density at radius 1 is 1.54 bits per heavy atom. The van der Waals surface area contributed by atoms with Crippen molar-refractivity contribution in [2.24, 2.45) is 11.1 Å². The average Bonchev–Trinajstić information content (AvgIpc) is 2.31. The zero-order valence-corrected chi connectivity index (χ0v) is 8.84. The fraction of sp³-hybridized carbons (Fsp3) is 0.900. The summed E-state index contributed by atoms with van der Waals surface area (Å²) in [5, 5.41) is 0. The Bertz CT molecular complexity index is 196. The van der Waals surface area contributed by atoms with Crippen LogP contribution in [0.25, 0.3) is 0 Å². The topological polar surface area (TPSA) is 46.3 Å². The van der Waals surface area contributed by atoms with Crippen LogP contribution >= 0.6 is 0 Å². The van der Waals surface area contributed by atoms with Crippen molar-refractivity contribution >= 4 is 5.91 Å². The Kier molecular flexibility index (Phi) is 2.96. The quantitative estimate of drug-likeness (QED) is 0.660. The maximum atomic E-state index is 11.7. The van der Waals surface area contributed by atoms with Gasteiger partial charge in [0.05, 0.1) is 0 Å². The van der Waals surface area contributed by atoms with E-state index in [1.165, 1.54) is 0 Å². The molecule has 76 valence electrons. The second-order valence-electron chi connectivity index (χ2n) is 5.13. The third-order valence-corrected chi connectivity index (χ3v) is 2.26. The molecule has 1 saturated heterocycles. The molecule has 0 aromatic heterocycles. The molecule has 1 aliphatic heterocycles. The Labute approximate surface area is 80.3 Å². The summed E-state index contributed by atoms with van der Waals surface area (Å²) in [4.78, 5) is 13.6. The molecule has 0 aromatic rings. The third kappa shape index (κ3) is 3.35. The summed E-state index contributed by atoms with van der Waals surface area (Å²) in [6, 6.07) is 0.198. The van der Waals surface area contributed by atoms with Gasteiger partial charge < -0.3 is 10.6 Å². The van der Waals surface area contributed by atoms with Gasteiger partial charge in [-0.15, -0.1) is 0 Å². The molecule has 1 rings (SSSR count). The lowest BCUT2D eigenvalue weighted by molar-refractivity contribution is -0.132.